The van der Waals surface area contributed by atoms with Crippen LogP contribution in [-0.4, -0.2) is 17.3 Å². The number of pyridine rings is 1. The number of nitrogens with two attached hydrogens (primary N) is 1. The first-order valence-electron chi connectivity index (χ1n) is 8.58. The van der Waals surface area contributed by atoms with E-state index < -0.39 is 6.36 Å². The maximum atomic E-state index is 12.9. The van der Waals surface area contributed by atoms with Crippen LogP contribution in [-0.2, 0) is 6.54 Å². The van der Waals surface area contributed by atoms with Crippen LogP contribution in [0.15, 0.2) is 71.9 Å². The SMILES string of the molecule is I.NC(=NCc1ccc(Oc2ccc(F)cc2)nc1)Nc1ccc(OC(F)(F)F)cc1. The Labute approximate surface area is 192 Å². The number of hydrogen-bond acceptors (Lipinski definition) is 4. The molecule has 2 aromatic carbocycles. The van der Waals surface area contributed by atoms with E-state index in [0.717, 1.165) is 17.7 Å². The topological polar surface area (TPSA) is 81.8 Å². The molecule has 31 heavy (non-hydrogen) atoms. The van der Waals surface area contributed by atoms with Crippen LogP contribution in [0.25, 0.3) is 0 Å². The minimum Gasteiger partial charge on any atom is -0.439 e. The molecule has 0 fully saturated rings. The number of alkyl halides is 3. The molecule has 164 valence electrons. The summed E-state index contributed by atoms with van der Waals surface area (Å²) in [5, 5.41) is 2.77. The summed E-state index contributed by atoms with van der Waals surface area (Å²) in [5.74, 6) is 0.167. The summed E-state index contributed by atoms with van der Waals surface area (Å²) in [7, 11) is 0. The van der Waals surface area contributed by atoms with Crippen LogP contribution in [0.5, 0.6) is 17.4 Å². The van der Waals surface area contributed by atoms with Crippen LogP contribution in [0.4, 0.5) is 23.2 Å². The van der Waals surface area contributed by atoms with Gasteiger partial charge in [-0.2, -0.15) is 0 Å². The smallest absolute Gasteiger partial charge is 0.439 e. The summed E-state index contributed by atoms with van der Waals surface area (Å²) in [5.41, 5.74) is 6.99. The number of rotatable bonds is 6. The fraction of sp³-hybridized carbons (Fsp3) is 0.100. The largest absolute Gasteiger partial charge is 0.573 e. The number of benzene rings is 2. The number of nitrogens with zero attached hydrogens (tertiary/aromatic N) is 2. The fourth-order valence-corrected chi connectivity index (χ4v) is 2.29. The Hall–Kier alpha value is -3.09. The maximum Gasteiger partial charge on any atom is 0.573 e. The molecule has 3 N–H and O–H groups in total. The monoisotopic (exact) mass is 548 g/mol. The third kappa shape index (κ3) is 8.28. The molecular weight excluding hydrogens is 531 g/mol. The average Bonchev–Trinajstić information content (AvgIpc) is 2.70. The van der Waals surface area contributed by atoms with Crippen LogP contribution >= 0.6 is 24.0 Å². The van der Waals surface area contributed by atoms with Gasteiger partial charge in [-0.1, -0.05) is 6.07 Å². The molecular formula is C20H17F4IN4O2. The minimum atomic E-state index is -4.75. The lowest BCUT2D eigenvalue weighted by atomic mass is 10.3. The number of hydrogen-bond donors (Lipinski definition) is 2. The van der Waals surface area contributed by atoms with E-state index in [1.807, 2.05) is 0 Å². The standard InChI is InChI=1S/C20H16F4N4O2.HI/c21-14-2-6-16(7-3-14)29-18-10-1-13(11-26-18)12-27-19(25)28-15-4-8-17(9-5-15)30-20(22,23)24;/h1-11H,12H2,(H3,25,27,28);1H. The zero-order valence-electron chi connectivity index (χ0n) is 15.8. The molecule has 3 aromatic rings. The first-order valence-corrected chi connectivity index (χ1v) is 8.58. The lowest BCUT2D eigenvalue weighted by Crippen LogP contribution is -2.22. The van der Waals surface area contributed by atoms with Crippen molar-refractivity contribution in [2.24, 2.45) is 10.7 Å². The molecule has 0 atom stereocenters. The number of nitrogens with one attached hydrogen (secondary N) is 1. The summed E-state index contributed by atoms with van der Waals surface area (Å²) < 4.78 is 58.7. The van der Waals surface area contributed by atoms with Crippen LogP contribution in [0.1, 0.15) is 5.56 Å². The maximum absolute atomic E-state index is 12.9. The molecule has 1 aromatic heterocycles. The number of halogens is 5. The van der Waals surface area contributed by atoms with Gasteiger partial charge in [0.2, 0.25) is 5.88 Å². The van der Waals surface area contributed by atoms with Crippen molar-refractivity contribution >= 4 is 35.6 Å². The van der Waals surface area contributed by atoms with Gasteiger partial charge >= 0.3 is 6.36 Å². The summed E-state index contributed by atoms with van der Waals surface area (Å²) in [6, 6.07) is 14.0. The van der Waals surface area contributed by atoms with E-state index in [9.17, 15) is 17.6 Å². The van der Waals surface area contributed by atoms with E-state index >= 15 is 0 Å². The van der Waals surface area contributed by atoms with Gasteiger partial charge in [0.25, 0.3) is 0 Å². The van der Waals surface area contributed by atoms with E-state index in [1.54, 1.807) is 18.3 Å². The minimum absolute atomic E-state index is 0. The Kier molecular flexibility index (Phi) is 8.42. The van der Waals surface area contributed by atoms with Crippen molar-refractivity contribution in [2.75, 3.05) is 5.32 Å². The Balaban J connectivity index is 0.00000341. The van der Waals surface area contributed by atoms with Gasteiger partial charge in [0.15, 0.2) is 5.96 Å². The lowest BCUT2D eigenvalue weighted by Gasteiger charge is -2.10. The van der Waals surface area contributed by atoms with E-state index in [-0.39, 0.29) is 48.0 Å². The Morgan fingerprint density at radius 1 is 0.968 bits per heavy atom. The number of ether oxygens (including phenoxy) is 2. The van der Waals surface area contributed by atoms with Crippen molar-refractivity contribution in [2.45, 2.75) is 12.9 Å². The van der Waals surface area contributed by atoms with Gasteiger partial charge in [-0.3, -0.25) is 0 Å². The predicted octanol–water partition coefficient (Wildman–Crippen LogP) is 5.46. The third-order valence-electron chi connectivity index (χ3n) is 3.63. The Bertz CT molecular complexity index is 996. The van der Waals surface area contributed by atoms with Crippen molar-refractivity contribution in [1.29, 1.82) is 0 Å². The van der Waals surface area contributed by atoms with Crippen LogP contribution in [0.3, 0.4) is 0 Å². The fourth-order valence-electron chi connectivity index (χ4n) is 2.29. The van der Waals surface area contributed by atoms with Gasteiger partial charge in [0, 0.05) is 18.0 Å². The van der Waals surface area contributed by atoms with Gasteiger partial charge in [0.1, 0.15) is 17.3 Å². The molecule has 11 heteroatoms. The summed E-state index contributed by atoms with van der Waals surface area (Å²) in [4.78, 5) is 8.29. The zero-order chi connectivity index (χ0) is 21.6. The van der Waals surface area contributed by atoms with E-state index in [0.29, 0.717) is 17.3 Å². The van der Waals surface area contributed by atoms with Gasteiger partial charge in [-0.15, -0.1) is 37.1 Å². The van der Waals surface area contributed by atoms with E-state index in [4.69, 9.17) is 10.5 Å². The second-order valence-electron chi connectivity index (χ2n) is 5.96. The highest BCUT2D eigenvalue weighted by atomic mass is 127. The highest BCUT2D eigenvalue weighted by molar-refractivity contribution is 14.0. The molecule has 0 amide bonds. The number of aromatic nitrogens is 1. The van der Waals surface area contributed by atoms with Crippen molar-refractivity contribution in [3.05, 3.63) is 78.2 Å². The second-order valence-corrected chi connectivity index (χ2v) is 5.96. The first kappa shape index (κ1) is 24.2. The predicted molar refractivity (Wildman–Crippen MR) is 118 cm³/mol. The van der Waals surface area contributed by atoms with Crippen molar-refractivity contribution in [3.8, 4) is 17.4 Å². The summed E-state index contributed by atoms with van der Waals surface area (Å²) >= 11 is 0. The Morgan fingerprint density at radius 2 is 1.61 bits per heavy atom. The van der Waals surface area contributed by atoms with Gasteiger partial charge in [-0.05, 0) is 54.1 Å². The molecule has 0 unspecified atom stereocenters. The zero-order valence-corrected chi connectivity index (χ0v) is 18.1. The lowest BCUT2D eigenvalue weighted by molar-refractivity contribution is -0.274. The molecule has 1 heterocycles. The molecule has 0 bridgehead atoms. The van der Waals surface area contributed by atoms with E-state index in [2.05, 4.69) is 20.0 Å². The number of aliphatic imine (C=N–C) groups is 1. The van der Waals surface area contributed by atoms with E-state index in [1.165, 1.54) is 36.4 Å². The van der Waals surface area contributed by atoms with Crippen LogP contribution < -0.4 is 20.5 Å². The molecule has 0 aliphatic rings. The summed E-state index contributed by atoms with van der Waals surface area (Å²) in [6.45, 7) is 0.220. The normalized spacial score (nSPS) is 11.4. The van der Waals surface area contributed by atoms with Crippen molar-refractivity contribution < 1.29 is 27.0 Å². The van der Waals surface area contributed by atoms with Gasteiger partial charge in [0.05, 0.1) is 6.54 Å². The van der Waals surface area contributed by atoms with Crippen molar-refractivity contribution in [1.82, 2.24) is 4.98 Å². The molecule has 0 saturated heterocycles. The first-order chi connectivity index (χ1) is 14.3. The van der Waals surface area contributed by atoms with Crippen LogP contribution in [0.2, 0.25) is 0 Å². The second kappa shape index (κ2) is 10.8. The highest BCUT2D eigenvalue weighted by Gasteiger charge is 2.30. The van der Waals surface area contributed by atoms with Crippen LogP contribution in [0, 0.1) is 5.82 Å². The van der Waals surface area contributed by atoms with Gasteiger partial charge < -0.3 is 20.5 Å². The molecule has 0 aliphatic carbocycles. The molecule has 0 radical (unpaired) electrons. The summed E-state index contributed by atoms with van der Waals surface area (Å²) in [6.07, 6.45) is -3.19. The molecule has 3 rings (SSSR count). The average molecular weight is 548 g/mol. The molecule has 0 aliphatic heterocycles. The third-order valence-corrected chi connectivity index (χ3v) is 3.63. The molecule has 0 spiro atoms. The van der Waals surface area contributed by atoms with Gasteiger partial charge in [-0.25, -0.2) is 14.4 Å². The van der Waals surface area contributed by atoms with Crippen molar-refractivity contribution in [3.63, 3.8) is 0 Å². The molecule has 0 saturated carbocycles. The number of anilines is 1. The molecule has 6 nitrogen and oxygen atoms in total. The quantitative estimate of drug-likeness (QED) is 0.185. The Morgan fingerprint density at radius 3 is 2.19 bits per heavy atom. The number of guanidine groups is 1. The highest BCUT2D eigenvalue weighted by Crippen LogP contribution is 2.24.